The Hall–Kier alpha value is -4.36. The average molecular weight is 520 g/mol. The van der Waals surface area contributed by atoms with Crippen molar-refractivity contribution in [1.29, 1.82) is 0 Å². The van der Waals surface area contributed by atoms with Gasteiger partial charge in [0.25, 0.3) is 5.56 Å². The van der Waals surface area contributed by atoms with Crippen LogP contribution in [0, 0.1) is 0 Å². The van der Waals surface area contributed by atoms with Crippen LogP contribution in [-0.2, 0) is 6.42 Å². The minimum absolute atomic E-state index is 0.0378. The van der Waals surface area contributed by atoms with Gasteiger partial charge in [-0.25, -0.2) is 4.99 Å². The number of aromatic nitrogens is 2. The molecule has 0 saturated heterocycles. The van der Waals surface area contributed by atoms with Crippen molar-refractivity contribution in [2.45, 2.75) is 18.9 Å². The fourth-order valence-electron chi connectivity index (χ4n) is 5.70. The third-order valence-corrected chi connectivity index (χ3v) is 8.49. The number of rotatable bonds is 4. The number of nitrogens with zero attached hydrogens (tertiary/aromatic N) is 2. The van der Waals surface area contributed by atoms with Gasteiger partial charge >= 0.3 is 0 Å². The summed E-state index contributed by atoms with van der Waals surface area (Å²) in [6.45, 7) is 0. The van der Waals surface area contributed by atoms with Crippen LogP contribution in [0.15, 0.2) is 88.3 Å². The summed E-state index contributed by atoms with van der Waals surface area (Å²) in [5.41, 5.74) is 7.54. The van der Waals surface area contributed by atoms with Crippen LogP contribution in [0.1, 0.15) is 34.7 Å². The largest absolute Gasteiger partial charge is 0.493 e. The average Bonchev–Trinajstić information content (AvgIpc) is 3.51. The van der Waals surface area contributed by atoms with Gasteiger partial charge in [-0.05, 0) is 53.8 Å². The van der Waals surface area contributed by atoms with Gasteiger partial charge in [0.2, 0.25) is 0 Å². The van der Waals surface area contributed by atoms with E-state index in [0.29, 0.717) is 20.8 Å². The number of hydrogen-bond acceptors (Lipinski definition) is 5. The van der Waals surface area contributed by atoms with E-state index in [1.807, 2.05) is 53.2 Å². The molecule has 2 aromatic heterocycles. The molecular formula is C31H25N3O3S. The number of aromatic amines is 1. The van der Waals surface area contributed by atoms with E-state index in [2.05, 4.69) is 35.3 Å². The zero-order valence-electron chi connectivity index (χ0n) is 21.0. The molecule has 7 rings (SSSR count). The molecule has 0 amide bonds. The number of ether oxygens (including phenoxy) is 2. The standard InChI is InChI=1S/C31H25N3O3S/c1-36-25-14-12-19(15-26(25)37-2)29-23-13-11-18-7-3-4-9-22(18)28(23)33-31-34(29)30(35)27(38-31)16-20-17-32-24-10-6-5-8-21(20)24/h3-10,12,14-17,29,32H,11,13H2,1-2H3. The van der Waals surface area contributed by atoms with Crippen molar-refractivity contribution in [3.63, 3.8) is 0 Å². The van der Waals surface area contributed by atoms with E-state index in [-0.39, 0.29) is 11.6 Å². The lowest BCUT2D eigenvalue weighted by atomic mass is 9.83. The third-order valence-electron chi connectivity index (χ3n) is 7.50. The molecule has 0 radical (unpaired) electrons. The molecule has 1 atom stereocenters. The molecule has 0 fully saturated rings. The molecule has 3 heterocycles. The summed E-state index contributed by atoms with van der Waals surface area (Å²) in [6, 6.07) is 22.2. The van der Waals surface area contributed by atoms with Crippen LogP contribution in [0.25, 0.3) is 22.7 Å². The fraction of sp³-hybridized carbons (Fsp3) is 0.161. The van der Waals surface area contributed by atoms with Gasteiger partial charge in [-0.1, -0.05) is 59.9 Å². The number of benzene rings is 3. The second-order valence-corrected chi connectivity index (χ2v) is 10.5. The Morgan fingerprint density at radius 3 is 2.68 bits per heavy atom. The molecule has 6 nitrogen and oxygen atoms in total. The number of hydrogen-bond donors (Lipinski definition) is 1. The summed E-state index contributed by atoms with van der Waals surface area (Å²) in [5.74, 6) is 1.30. The zero-order valence-corrected chi connectivity index (χ0v) is 21.8. The van der Waals surface area contributed by atoms with Crippen molar-refractivity contribution in [3.05, 3.63) is 120 Å². The molecular weight excluding hydrogens is 494 g/mol. The third kappa shape index (κ3) is 3.46. The maximum atomic E-state index is 14.1. The highest BCUT2D eigenvalue weighted by atomic mass is 32.1. The summed E-state index contributed by atoms with van der Waals surface area (Å²) in [4.78, 5) is 23.2. The summed E-state index contributed by atoms with van der Waals surface area (Å²) >= 11 is 1.44. The van der Waals surface area contributed by atoms with Crippen molar-refractivity contribution in [3.8, 4) is 11.5 Å². The molecule has 1 aliphatic carbocycles. The number of thiazole rings is 1. The second kappa shape index (κ2) is 8.89. The number of fused-ring (bicyclic) bond motifs is 4. The first-order chi connectivity index (χ1) is 18.7. The number of methoxy groups -OCH3 is 2. The van der Waals surface area contributed by atoms with Crippen molar-refractivity contribution in [1.82, 2.24) is 9.55 Å². The van der Waals surface area contributed by atoms with E-state index in [0.717, 1.165) is 51.7 Å². The van der Waals surface area contributed by atoms with E-state index in [1.165, 1.54) is 16.9 Å². The molecule has 188 valence electrons. The molecule has 5 aromatic rings. The first kappa shape index (κ1) is 22.8. The van der Waals surface area contributed by atoms with Gasteiger partial charge in [0.15, 0.2) is 16.3 Å². The molecule has 38 heavy (non-hydrogen) atoms. The topological polar surface area (TPSA) is 68.6 Å². The highest BCUT2D eigenvalue weighted by molar-refractivity contribution is 7.07. The fourth-order valence-corrected chi connectivity index (χ4v) is 6.69. The summed E-state index contributed by atoms with van der Waals surface area (Å²) < 4.78 is 13.6. The predicted octanol–water partition coefficient (Wildman–Crippen LogP) is 4.82. The second-order valence-electron chi connectivity index (χ2n) is 9.52. The monoisotopic (exact) mass is 519 g/mol. The van der Waals surface area contributed by atoms with Crippen LogP contribution < -0.4 is 24.4 Å². The van der Waals surface area contributed by atoms with Crippen LogP contribution >= 0.6 is 11.3 Å². The Labute approximate surface area is 222 Å². The van der Waals surface area contributed by atoms with Crippen molar-refractivity contribution >= 4 is 34.0 Å². The molecule has 1 unspecified atom stereocenters. The van der Waals surface area contributed by atoms with Crippen LogP contribution in [0.5, 0.6) is 11.5 Å². The van der Waals surface area contributed by atoms with Gasteiger partial charge in [0, 0.05) is 28.2 Å². The van der Waals surface area contributed by atoms with Crippen LogP contribution in [0.2, 0.25) is 0 Å². The van der Waals surface area contributed by atoms with E-state index in [1.54, 1.807) is 14.2 Å². The SMILES string of the molecule is COc1ccc(C2C3=C(N=c4sc(=Cc5c[nH]c6ccccc56)c(=O)n42)c2ccccc2CC3)cc1OC. The maximum absolute atomic E-state index is 14.1. The van der Waals surface area contributed by atoms with Gasteiger partial charge < -0.3 is 14.5 Å². The lowest BCUT2D eigenvalue weighted by Crippen LogP contribution is -2.38. The molecule has 7 heteroatoms. The van der Waals surface area contributed by atoms with E-state index >= 15 is 0 Å². The highest BCUT2D eigenvalue weighted by Gasteiger charge is 2.33. The Morgan fingerprint density at radius 2 is 1.82 bits per heavy atom. The zero-order chi connectivity index (χ0) is 25.8. The molecule has 0 saturated carbocycles. The quantitative estimate of drug-likeness (QED) is 0.370. The Morgan fingerprint density at radius 1 is 1.00 bits per heavy atom. The molecule has 0 spiro atoms. The van der Waals surface area contributed by atoms with E-state index in [9.17, 15) is 4.79 Å². The number of H-pyrrole nitrogens is 1. The van der Waals surface area contributed by atoms with E-state index < -0.39 is 0 Å². The minimum atomic E-state index is -0.278. The van der Waals surface area contributed by atoms with Crippen LogP contribution in [0.4, 0.5) is 0 Å². The number of nitrogens with one attached hydrogen (secondary N) is 1. The predicted molar refractivity (Wildman–Crippen MR) is 151 cm³/mol. The van der Waals surface area contributed by atoms with Crippen molar-refractivity contribution in [2.24, 2.45) is 4.99 Å². The number of aryl methyl sites for hydroxylation is 1. The normalized spacial score (nSPS) is 16.6. The van der Waals surface area contributed by atoms with Crippen molar-refractivity contribution < 1.29 is 9.47 Å². The van der Waals surface area contributed by atoms with Crippen LogP contribution in [0.3, 0.4) is 0 Å². The highest BCUT2D eigenvalue weighted by Crippen LogP contribution is 2.42. The van der Waals surface area contributed by atoms with Gasteiger partial charge in [0.1, 0.15) is 0 Å². The molecule has 1 aliphatic heterocycles. The lowest BCUT2D eigenvalue weighted by molar-refractivity contribution is 0.354. The first-order valence-electron chi connectivity index (χ1n) is 12.6. The number of para-hydroxylation sites is 1. The van der Waals surface area contributed by atoms with Gasteiger partial charge in [0.05, 0.1) is 30.5 Å². The minimum Gasteiger partial charge on any atom is -0.493 e. The number of allylic oxidation sites excluding steroid dienone is 1. The molecule has 2 aliphatic rings. The van der Waals surface area contributed by atoms with Gasteiger partial charge in [-0.2, -0.15) is 0 Å². The van der Waals surface area contributed by atoms with Crippen LogP contribution in [-0.4, -0.2) is 23.8 Å². The Kier molecular flexibility index (Phi) is 5.33. The molecule has 1 N–H and O–H groups in total. The van der Waals surface area contributed by atoms with E-state index in [4.69, 9.17) is 14.5 Å². The molecule has 3 aromatic carbocycles. The Bertz CT molecular complexity index is 1940. The van der Waals surface area contributed by atoms with Crippen molar-refractivity contribution in [2.75, 3.05) is 14.2 Å². The summed E-state index contributed by atoms with van der Waals surface area (Å²) in [5, 5.41) is 1.09. The lowest BCUT2D eigenvalue weighted by Gasteiger charge is -2.31. The van der Waals surface area contributed by atoms with Gasteiger partial charge in [-0.3, -0.25) is 9.36 Å². The maximum Gasteiger partial charge on any atom is 0.271 e. The van der Waals surface area contributed by atoms with Gasteiger partial charge in [-0.15, -0.1) is 0 Å². The first-order valence-corrected chi connectivity index (χ1v) is 13.4. The summed E-state index contributed by atoms with van der Waals surface area (Å²) in [7, 11) is 3.26. The smallest absolute Gasteiger partial charge is 0.271 e. The summed E-state index contributed by atoms with van der Waals surface area (Å²) in [6.07, 6.45) is 5.68. The Balaban J connectivity index is 1.49. The molecule has 0 bridgehead atoms.